The lowest BCUT2D eigenvalue weighted by atomic mass is 10.1. The molecule has 0 saturated heterocycles. The molecule has 0 aliphatic rings. The lowest BCUT2D eigenvalue weighted by Gasteiger charge is -2.08. The molecule has 0 fully saturated rings. The van der Waals surface area contributed by atoms with Crippen LogP contribution in [0.3, 0.4) is 0 Å². The van der Waals surface area contributed by atoms with Crippen LogP contribution in [-0.4, -0.2) is 22.2 Å². The lowest BCUT2D eigenvalue weighted by molar-refractivity contribution is -0.121. The predicted octanol–water partition coefficient (Wildman–Crippen LogP) is 2.29. The van der Waals surface area contributed by atoms with Gasteiger partial charge in [0, 0.05) is 20.2 Å². The number of aromatic nitrogens is 2. The molecular weight excluding hydrogens is 330 g/mol. The van der Waals surface area contributed by atoms with Gasteiger partial charge in [-0.3, -0.25) is 13.9 Å². The number of carbonyl (C=O) groups is 1. The Kier molecular flexibility index (Phi) is 5.53. The van der Waals surface area contributed by atoms with Gasteiger partial charge >= 0.3 is 5.69 Å². The van der Waals surface area contributed by atoms with E-state index in [-0.39, 0.29) is 18.1 Å². The number of amides is 1. The molecule has 6 heteroatoms. The molecule has 136 valence electrons. The number of carbonyl (C=O) groups excluding carboxylic acids is 1. The zero-order valence-corrected chi connectivity index (χ0v) is 15.1. The predicted molar refractivity (Wildman–Crippen MR) is 101 cm³/mol. The summed E-state index contributed by atoms with van der Waals surface area (Å²) in [5.41, 5.74) is 3.51. The minimum Gasteiger partial charge on any atom is -0.380 e. The van der Waals surface area contributed by atoms with E-state index < -0.39 is 0 Å². The molecule has 1 aromatic heterocycles. The highest BCUT2D eigenvalue weighted by Crippen LogP contribution is 2.12. The Morgan fingerprint density at radius 1 is 1.04 bits per heavy atom. The summed E-state index contributed by atoms with van der Waals surface area (Å²) in [5, 5.41) is 2.89. The van der Waals surface area contributed by atoms with Gasteiger partial charge in [-0.05, 0) is 30.2 Å². The molecule has 0 spiro atoms. The van der Waals surface area contributed by atoms with Crippen molar-refractivity contribution >= 4 is 16.9 Å². The molecule has 0 saturated carbocycles. The number of benzene rings is 2. The Morgan fingerprint density at radius 3 is 2.42 bits per heavy atom. The Balaban J connectivity index is 1.73. The summed E-state index contributed by atoms with van der Waals surface area (Å²) in [7, 11) is 1.65. The number of ether oxygens (including phenoxy) is 1. The quantitative estimate of drug-likeness (QED) is 0.709. The third kappa shape index (κ3) is 3.70. The fraction of sp³-hybridized carbons (Fsp3) is 0.300. The Labute approximate surface area is 152 Å². The third-order valence-electron chi connectivity index (χ3n) is 4.34. The van der Waals surface area contributed by atoms with E-state index in [0.29, 0.717) is 19.7 Å². The van der Waals surface area contributed by atoms with Crippen molar-refractivity contribution in [1.29, 1.82) is 0 Å². The highest BCUT2D eigenvalue weighted by molar-refractivity contribution is 5.80. The fourth-order valence-corrected chi connectivity index (χ4v) is 3.13. The van der Waals surface area contributed by atoms with Crippen molar-refractivity contribution in [2.45, 2.75) is 33.2 Å². The number of imidazole rings is 1. The molecule has 2 aromatic carbocycles. The van der Waals surface area contributed by atoms with Gasteiger partial charge in [-0.25, -0.2) is 4.79 Å². The smallest absolute Gasteiger partial charge is 0.329 e. The minimum absolute atomic E-state index is 0.00408. The first-order chi connectivity index (χ1) is 12.6. The van der Waals surface area contributed by atoms with Crippen LogP contribution in [0, 0.1) is 0 Å². The maximum atomic E-state index is 12.6. The number of aryl methyl sites for hydroxylation is 1. The van der Waals surface area contributed by atoms with E-state index in [1.54, 1.807) is 11.7 Å². The summed E-state index contributed by atoms with van der Waals surface area (Å²) in [4.78, 5) is 25.0. The Bertz CT molecular complexity index is 972. The van der Waals surface area contributed by atoms with Gasteiger partial charge in [0.2, 0.25) is 5.91 Å². The second-order valence-electron chi connectivity index (χ2n) is 6.13. The summed E-state index contributed by atoms with van der Waals surface area (Å²) in [6.45, 7) is 3.45. The molecule has 3 aromatic rings. The van der Waals surface area contributed by atoms with Gasteiger partial charge in [-0.15, -0.1) is 0 Å². The molecule has 1 amide bonds. The van der Waals surface area contributed by atoms with E-state index >= 15 is 0 Å². The van der Waals surface area contributed by atoms with E-state index in [4.69, 9.17) is 4.74 Å². The molecule has 0 bridgehead atoms. The number of para-hydroxylation sites is 2. The van der Waals surface area contributed by atoms with E-state index in [0.717, 1.165) is 22.2 Å². The van der Waals surface area contributed by atoms with Crippen LogP contribution >= 0.6 is 0 Å². The highest BCUT2D eigenvalue weighted by atomic mass is 16.5. The van der Waals surface area contributed by atoms with Gasteiger partial charge in [-0.2, -0.15) is 0 Å². The standard InChI is InChI=1S/C20H23N3O3/c1-3-22-17-9-4-5-10-18(17)23(20(22)25)13-19(24)21-12-15-7-6-8-16(11-15)14-26-2/h4-11H,3,12-14H2,1-2H3,(H,21,24). The number of hydrogen-bond acceptors (Lipinski definition) is 3. The van der Waals surface area contributed by atoms with Gasteiger partial charge in [0.05, 0.1) is 17.6 Å². The molecule has 0 unspecified atom stereocenters. The third-order valence-corrected chi connectivity index (χ3v) is 4.34. The van der Waals surface area contributed by atoms with Crippen LogP contribution in [0.5, 0.6) is 0 Å². The molecule has 1 heterocycles. The average Bonchev–Trinajstić information content (AvgIpc) is 2.92. The normalized spacial score (nSPS) is 11.0. The summed E-state index contributed by atoms with van der Waals surface area (Å²) in [5.74, 6) is -0.191. The van der Waals surface area contributed by atoms with Crippen LogP contribution < -0.4 is 11.0 Å². The molecule has 0 aliphatic heterocycles. The number of methoxy groups -OCH3 is 1. The molecular formula is C20H23N3O3. The first-order valence-electron chi connectivity index (χ1n) is 8.65. The monoisotopic (exact) mass is 353 g/mol. The van der Waals surface area contributed by atoms with Crippen LogP contribution in [0.2, 0.25) is 0 Å². The Hall–Kier alpha value is -2.86. The van der Waals surface area contributed by atoms with E-state index in [1.807, 2.05) is 55.5 Å². The molecule has 1 N–H and O–H groups in total. The molecule has 0 aliphatic carbocycles. The number of hydrogen-bond donors (Lipinski definition) is 1. The zero-order chi connectivity index (χ0) is 18.5. The molecule has 3 rings (SSSR count). The molecule has 26 heavy (non-hydrogen) atoms. The average molecular weight is 353 g/mol. The van der Waals surface area contributed by atoms with Crippen LogP contribution in [-0.2, 0) is 35.8 Å². The van der Waals surface area contributed by atoms with Crippen LogP contribution in [0.4, 0.5) is 0 Å². The number of nitrogens with one attached hydrogen (secondary N) is 1. The highest BCUT2D eigenvalue weighted by Gasteiger charge is 2.14. The van der Waals surface area contributed by atoms with Crippen molar-refractivity contribution < 1.29 is 9.53 Å². The van der Waals surface area contributed by atoms with Crippen molar-refractivity contribution in [3.8, 4) is 0 Å². The van der Waals surface area contributed by atoms with E-state index in [1.165, 1.54) is 4.57 Å². The second kappa shape index (κ2) is 8.01. The number of nitrogens with zero attached hydrogens (tertiary/aromatic N) is 2. The van der Waals surface area contributed by atoms with Gasteiger partial charge in [0.25, 0.3) is 0 Å². The van der Waals surface area contributed by atoms with Crippen LogP contribution in [0.1, 0.15) is 18.1 Å². The van der Waals surface area contributed by atoms with Gasteiger partial charge in [0.1, 0.15) is 6.54 Å². The second-order valence-corrected chi connectivity index (χ2v) is 6.13. The van der Waals surface area contributed by atoms with Crippen LogP contribution in [0.15, 0.2) is 53.3 Å². The van der Waals surface area contributed by atoms with Crippen molar-refractivity contribution in [2.75, 3.05) is 7.11 Å². The summed E-state index contributed by atoms with van der Waals surface area (Å²) in [6, 6.07) is 15.4. The zero-order valence-electron chi connectivity index (χ0n) is 15.1. The van der Waals surface area contributed by atoms with Crippen molar-refractivity contribution in [1.82, 2.24) is 14.5 Å². The van der Waals surface area contributed by atoms with Crippen LogP contribution in [0.25, 0.3) is 11.0 Å². The topological polar surface area (TPSA) is 65.3 Å². The molecule has 0 atom stereocenters. The number of rotatable bonds is 7. The maximum Gasteiger partial charge on any atom is 0.329 e. The minimum atomic E-state index is -0.191. The van der Waals surface area contributed by atoms with Gasteiger partial charge < -0.3 is 10.1 Å². The SMILES string of the molecule is CCn1c(=O)n(CC(=O)NCc2cccc(COC)c2)c2ccccc21. The summed E-state index contributed by atoms with van der Waals surface area (Å²) in [6.07, 6.45) is 0. The van der Waals surface area contributed by atoms with Crippen molar-refractivity contribution in [3.63, 3.8) is 0 Å². The van der Waals surface area contributed by atoms with E-state index in [2.05, 4.69) is 5.32 Å². The first kappa shape index (κ1) is 17.9. The fourth-order valence-electron chi connectivity index (χ4n) is 3.13. The first-order valence-corrected chi connectivity index (χ1v) is 8.65. The van der Waals surface area contributed by atoms with Gasteiger partial charge in [-0.1, -0.05) is 36.4 Å². The lowest BCUT2D eigenvalue weighted by Crippen LogP contribution is -2.32. The largest absolute Gasteiger partial charge is 0.380 e. The van der Waals surface area contributed by atoms with Crippen molar-refractivity contribution in [3.05, 3.63) is 70.1 Å². The van der Waals surface area contributed by atoms with Crippen molar-refractivity contribution in [2.24, 2.45) is 0 Å². The van der Waals surface area contributed by atoms with E-state index in [9.17, 15) is 9.59 Å². The molecule has 6 nitrogen and oxygen atoms in total. The maximum absolute atomic E-state index is 12.6. The molecule has 0 radical (unpaired) electrons. The van der Waals surface area contributed by atoms with Gasteiger partial charge in [0.15, 0.2) is 0 Å². The summed E-state index contributed by atoms with van der Waals surface area (Å²) < 4.78 is 8.33. The summed E-state index contributed by atoms with van der Waals surface area (Å²) >= 11 is 0. The number of fused-ring (bicyclic) bond motifs is 1. The Morgan fingerprint density at radius 2 is 1.73 bits per heavy atom.